The van der Waals surface area contributed by atoms with E-state index in [2.05, 4.69) is 15.3 Å². The fourth-order valence-electron chi connectivity index (χ4n) is 2.88. The maximum atomic E-state index is 12.4. The lowest BCUT2D eigenvalue weighted by atomic mass is 10.1. The second-order valence-electron chi connectivity index (χ2n) is 6.69. The van der Waals surface area contributed by atoms with Crippen LogP contribution in [0, 0.1) is 12.8 Å². The molecular weight excluding hydrogens is 386 g/mol. The van der Waals surface area contributed by atoms with E-state index in [1.54, 1.807) is 19.1 Å². The van der Waals surface area contributed by atoms with Crippen molar-refractivity contribution in [2.45, 2.75) is 39.3 Å². The predicted octanol–water partition coefficient (Wildman–Crippen LogP) is 2.34. The van der Waals surface area contributed by atoms with E-state index in [9.17, 15) is 14.4 Å². The Labute approximate surface area is 166 Å². The van der Waals surface area contributed by atoms with E-state index in [-0.39, 0.29) is 23.5 Å². The van der Waals surface area contributed by atoms with Crippen LogP contribution in [0.15, 0.2) is 12.1 Å². The molecule has 0 spiro atoms. The van der Waals surface area contributed by atoms with Crippen molar-refractivity contribution < 1.29 is 23.9 Å². The van der Waals surface area contributed by atoms with Gasteiger partial charge in [0.15, 0.2) is 11.3 Å². The van der Waals surface area contributed by atoms with Crippen molar-refractivity contribution in [3.63, 3.8) is 0 Å². The standard InChI is InChI=1S/C19H20ClN3O5/c1-9-6-13-14(7-12(9)19(26)27-3)23-17(20)15(22-13)8-21-18(25)16(11-4-5-11)28-10(2)24/h6-7,11,16H,4-5,8H2,1-3H3,(H,21,25). The van der Waals surface area contributed by atoms with Crippen molar-refractivity contribution in [1.29, 1.82) is 0 Å². The molecule has 1 atom stereocenters. The van der Waals surface area contributed by atoms with Gasteiger partial charge in [-0.15, -0.1) is 0 Å². The molecule has 9 heteroatoms. The van der Waals surface area contributed by atoms with Crippen LogP contribution in [0.25, 0.3) is 11.0 Å². The van der Waals surface area contributed by atoms with Crippen LogP contribution in [0.5, 0.6) is 0 Å². The zero-order valence-corrected chi connectivity index (χ0v) is 16.5. The topological polar surface area (TPSA) is 107 Å². The average molecular weight is 406 g/mol. The van der Waals surface area contributed by atoms with Crippen molar-refractivity contribution in [2.75, 3.05) is 7.11 Å². The molecule has 148 valence electrons. The number of halogens is 1. The van der Waals surface area contributed by atoms with Gasteiger partial charge in [0.25, 0.3) is 5.91 Å². The maximum absolute atomic E-state index is 12.4. The van der Waals surface area contributed by atoms with Crippen LogP contribution in [0.2, 0.25) is 5.15 Å². The third kappa shape index (κ3) is 4.39. The number of esters is 2. The molecule has 0 radical (unpaired) electrons. The van der Waals surface area contributed by atoms with Crippen LogP contribution < -0.4 is 5.32 Å². The van der Waals surface area contributed by atoms with Crippen LogP contribution in [0.1, 0.15) is 41.4 Å². The molecule has 0 aliphatic heterocycles. The molecule has 3 rings (SSSR count). The monoisotopic (exact) mass is 405 g/mol. The number of nitrogens with zero attached hydrogens (tertiary/aromatic N) is 2. The fourth-order valence-corrected chi connectivity index (χ4v) is 3.08. The van der Waals surface area contributed by atoms with Crippen molar-refractivity contribution in [3.05, 3.63) is 34.1 Å². The van der Waals surface area contributed by atoms with Gasteiger partial charge in [0.2, 0.25) is 0 Å². The van der Waals surface area contributed by atoms with Gasteiger partial charge in [-0.2, -0.15) is 0 Å². The first-order valence-corrected chi connectivity index (χ1v) is 9.18. The molecule has 28 heavy (non-hydrogen) atoms. The molecule has 1 unspecified atom stereocenters. The number of aromatic nitrogens is 2. The van der Waals surface area contributed by atoms with Crippen molar-refractivity contribution in [3.8, 4) is 0 Å². The summed E-state index contributed by atoms with van der Waals surface area (Å²) in [5.41, 5.74) is 2.44. The summed E-state index contributed by atoms with van der Waals surface area (Å²) in [5.74, 6) is -1.29. The molecule has 1 aromatic heterocycles. The Bertz CT molecular complexity index is 958. The molecule has 1 heterocycles. The van der Waals surface area contributed by atoms with Gasteiger partial charge in [-0.05, 0) is 37.5 Å². The Kier molecular flexibility index (Phi) is 5.79. The van der Waals surface area contributed by atoms with Gasteiger partial charge in [0, 0.05) is 12.8 Å². The largest absolute Gasteiger partial charge is 0.465 e. The Hall–Kier alpha value is -2.74. The van der Waals surface area contributed by atoms with Gasteiger partial charge in [0.1, 0.15) is 0 Å². The van der Waals surface area contributed by atoms with E-state index >= 15 is 0 Å². The lowest BCUT2D eigenvalue weighted by Gasteiger charge is -2.16. The normalized spacial score (nSPS) is 14.4. The highest BCUT2D eigenvalue weighted by Crippen LogP contribution is 2.34. The number of fused-ring (bicyclic) bond motifs is 1. The minimum atomic E-state index is -0.797. The lowest BCUT2D eigenvalue weighted by Crippen LogP contribution is -2.38. The zero-order chi connectivity index (χ0) is 20.4. The van der Waals surface area contributed by atoms with Crippen LogP contribution in [0.4, 0.5) is 0 Å². The summed E-state index contributed by atoms with van der Waals surface area (Å²) >= 11 is 6.20. The van der Waals surface area contributed by atoms with Gasteiger partial charge < -0.3 is 14.8 Å². The molecular formula is C19H20ClN3O5. The molecule has 8 nitrogen and oxygen atoms in total. The Morgan fingerprint density at radius 1 is 1.25 bits per heavy atom. The van der Waals surface area contributed by atoms with Crippen molar-refractivity contribution >= 4 is 40.5 Å². The summed E-state index contributed by atoms with van der Waals surface area (Å²) in [4.78, 5) is 44.1. The highest BCUT2D eigenvalue weighted by Gasteiger charge is 2.38. The number of benzene rings is 1. The maximum Gasteiger partial charge on any atom is 0.338 e. The second-order valence-corrected chi connectivity index (χ2v) is 7.05. The van der Waals surface area contributed by atoms with Crippen LogP contribution in [-0.2, 0) is 25.6 Å². The Morgan fingerprint density at radius 2 is 1.93 bits per heavy atom. The summed E-state index contributed by atoms with van der Waals surface area (Å²) in [5, 5.41) is 2.82. The van der Waals surface area contributed by atoms with E-state index in [4.69, 9.17) is 21.1 Å². The van der Waals surface area contributed by atoms with Crippen LogP contribution in [-0.4, -0.2) is 41.0 Å². The highest BCUT2D eigenvalue weighted by atomic mass is 35.5. The number of carbonyl (C=O) groups is 3. The van der Waals surface area contributed by atoms with Gasteiger partial charge in [0.05, 0.1) is 35.9 Å². The molecule has 0 bridgehead atoms. The van der Waals surface area contributed by atoms with E-state index in [0.29, 0.717) is 27.9 Å². The Balaban J connectivity index is 1.79. The summed E-state index contributed by atoms with van der Waals surface area (Å²) in [6.07, 6.45) is 0.905. The van der Waals surface area contributed by atoms with Crippen LogP contribution in [0.3, 0.4) is 0 Å². The summed E-state index contributed by atoms with van der Waals surface area (Å²) in [6.45, 7) is 3.09. The SMILES string of the molecule is COC(=O)c1cc2nc(Cl)c(CNC(=O)C(OC(C)=O)C3CC3)nc2cc1C. The highest BCUT2D eigenvalue weighted by molar-refractivity contribution is 6.30. The number of hydrogen-bond donors (Lipinski definition) is 1. The minimum Gasteiger partial charge on any atom is -0.465 e. The smallest absolute Gasteiger partial charge is 0.338 e. The zero-order valence-electron chi connectivity index (χ0n) is 15.7. The molecule has 1 aromatic carbocycles. The lowest BCUT2D eigenvalue weighted by molar-refractivity contribution is -0.155. The van der Waals surface area contributed by atoms with Crippen LogP contribution >= 0.6 is 11.6 Å². The van der Waals surface area contributed by atoms with Gasteiger partial charge in [-0.1, -0.05) is 11.6 Å². The van der Waals surface area contributed by atoms with E-state index in [0.717, 1.165) is 12.8 Å². The van der Waals surface area contributed by atoms with E-state index < -0.39 is 18.0 Å². The summed E-state index contributed by atoms with van der Waals surface area (Å²) in [7, 11) is 1.31. The number of amides is 1. The number of ether oxygens (including phenoxy) is 2. The average Bonchev–Trinajstić information content (AvgIpc) is 3.48. The predicted molar refractivity (Wildman–Crippen MR) is 101 cm³/mol. The first-order chi connectivity index (χ1) is 13.3. The molecule has 1 aliphatic rings. The van der Waals surface area contributed by atoms with Gasteiger partial charge >= 0.3 is 11.9 Å². The first kappa shape index (κ1) is 20.0. The van der Waals surface area contributed by atoms with Gasteiger partial charge in [-0.25, -0.2) is 14.8 Å². The number of hydrogen-bond acceptors (Lipinski definition) is 7. The number of aryl methyl sites for hydroxylation is 1. The molecule has 0 saturated heterocycles. The summed E-state index contributed by atoms with van der Waals surface area (Å²) in [6, 6.07) is 3.28. The third-order valence-corrected chi connectivity index (χ3v) is 4.77. The molecule has 1 aliphatic carbocycles. The molecule has 1 amide bonds. The van der Waals surface area contributed by atoms with E-state index in [1.807, 2.05) is 0 Å². The Morgan fingerprint density at radius 3 is 2.54 bits per heavy atom. The molecule has 1 fully saturated rings. The molecule has 1 saturated carbocycles. The summed E-state index contributed by atoms with van der Waals surface area (Å²) < 4.78 is 9.88. The van der Waals surface area contributed by atoms with Crippen molar-refractivity contribution in [2.24, 2.45) is 5.92 Å². The minimum absolute atomic E-state index is 0.0445. The number of rotatable bonds is 6. The van der Waals surface area contributed by atoms with Crippen molar-refractivity contribution in [1.82, 2.24) is 15.3 Å². The van der Waals surface area contributed by atoms with E-state index in [1.165, 1.54) is 14.0 Å². The third-order valence-electron chi connectivity index (χ3n) is 4.47. The fraction of sp³-hybridized carbons (Fsp3) is 0.421. The first-order valence-electron chi connectivity index (χ1n) is 8.80. The number of methoxy groups -OCH3 is 1. The molecule has 1 N–H and O–H groups in total. The molecule has 2 aromatic rings. The number of nitrogens with one attached hydrogen (secondary N) is 1. The quantitative estimate of drug-likeness (QED) is 0.735. The van der Waals surface area contributed by atoms with Gasteiger partial charge in [-0.3, -0.25) is 9.59 Å². The number of carbonyl (C=O) groups excluding carboxylic acids is 3. The second kappa shape index (κ2) is 8.10.